The van der Waals surface area contributed by atoms with E-state index >= 15 is 0 Å². The highest BCUT2D eigenvalue weighted by molar-refractivity contribution is 5.11. The molecule has 1 saturated heterocycles. The second-order valence-corrected chi connectivity index (χ2v) is 4.97. The maximum absolute atomic E-state index is 5.83. The molecule has 100 valence electrons. The van der Waals surface area contributed by atoms with Gasteiger partial charge in [0.15, 0.2) is 0 Å². The number of nitrogens with zero attached hydrogens (tertiary/aromatic N) is 2. The van der Waals surface area contributed by atoms with Gasteiger partial charge < -0.3 is 14.8 Å². The third-order valence-corrected chi connectivity index (χ3v) is 2.98. The summed E-state index contributed by atoms with van der Waals surface area (Å²) in [6, 6.07) is 2.14. The molecule has 1 N–H and O–H groups in total. The summed E-state index contributed by atoms with van der Waals surface area (Å²) in [4.78, 5) is 8.39. The Kier molecular flexibility index (Phi) is 4.36. The van der Waals surface area contributed by atoms with Crippen molar-refractivity contribution < 1.29 is 9.47 Å². The molecule has 2 rings (SSSR count). The standard InChI is InChI=1S/C13H21N3O2/c1-9(2)17-12-5-7-15-13(16-12)18-11-8-14-6-4-10(11)3/h5,7,9-11,14H,4,6,8H2,1-3H3. The Labute approximate surface area is 108 Å². The highest BCUT2D eigenvalue weighted by Gasteiger charge is 2.23. The van der Waals surface area contributed by atoms with E-state index in [9.17, 15) is 0 Å². The summed E-state index contributed by atoms with van der Waals surface area (Å²) in [5, 5.41) is 3.32. The molecule has 5 heteroatoms. The summed E-state index contributed by atoms with van der Waals surface area (Å²) in [6.45, 7) is 8.03. The predicted octanol–water partition coefficient (Wildman–Crippen LogP) is 1.64. The topological polar surface area (TPSA) is 56.3 Å². The highest BCUT2D eigenvalue weighted by atomic mass is 16.5. The van der Waals surface area contributed by atoms with E-state index in [1.807, 2.05) is 13.8 Å². The third kappa shape index (κ3) is 3.57. The first kappa shape index (κ1) is 13.1. The fraction of sp³-hybridized carbons (Fsp3) is 0.692. The number of aromatic nitrogens is 2. The number of nitrogens with one attached hydrogen (secondary N) is 1. The van der Waals surface area contributed by atoms with Gasteiger partial charge in [-0.15, -0.1) is 0 Å². The lowest BCUT2D eigenvalue weighted by atomic mass is 9.97. The molecular formula is C13H21N3O2. The molecule has 0 bridgehead atoms. The van der Waals surface area contributed by atoms with Crippen molar-refractivity contribution in [2.24, 2.45) is 5.92 Å². The van der Waals surface area contributed by atoms with Crippen molar-refractivity contribution in [1.82, 2.24) is 15.3 Å². The average Bonchev–Trinajstić information content (AvgIpc) is 2.32. The number of hydrogen-bond donors (Lipinski definition) is 1. The van der Waals surface area contributed by atoms with Crippen LogP contribution in [0.5, 0.6) is 11.9 Å². The van der Waals surface area contributed by atoms with Gasteiger partial charge in [0, 0.05) is 18.8 Å². The molecular weight excluding hydrogens is 230 g/mol. The summed E-state index contributed by atoms with van der Waals surface area (Å²) in [5.74, 6) is 1.08. The largest absolute Gasteiger partial charge is 0.475 e. The Balaban J connectivity index is 1.99. The molecule has 2 heterocycles. The van der Waals surface area contributed by atoms with Gasteiger partial charge in [-0.1, -0.05) is 6.92 Å². The second-order valence-electron chi connectivity index (χ2n) is 4.97. The van der Waals surface area contributed by atoms with E-state index in [2.05, 4.69) is 22.2 Å². The Bertz CT molecular complexity index is 384. The fourth-order valence-electron chi connectivity index (χ4n) is 1.94. The number of rotatable bonds is 4. The number of hydrogen-bond acceptors (Lipinski definition) is 5. The van der Waals surface area contributed by atoms with E-state index in [1.54, 1.807) is 12.3 Å². The van der Waals surface area contributed by atoms with Crippen LogP contribution in [0.15, 0.2) is 12.3 Å². The molecule has 1 fully saturated rings. The lowest BCUT2D eigenvalue weighted by molar-refractivity contribution is 0.102. The van der Waals surface area contributed by atoms with Crippen molar-refractivity contribution in [2.75, 3.05) is 13.1 Å². The molecule has 0 radical (unpaired) electrons. The Morgan fingerprint density at radius 2 is 2.28 bits per heavy atom. The van der Waals surface area contributed by atoms with Crippen LogP contribution in [0.4, 0.5) is 0 Å². The molecule has 0 aromatic carbocycles. The van der Waals surface area contributed by atoms with Gasteiger partial charge in [-0.3, -0.25) is 0 Å². The monoisotopic (exact) mass is 251 g/mol. The third-order valence-electron chi connectivity index (χ3n) is 2.98. The molecule has 5 nitrogen and oxygen atoms in total. The lowest BCUT2D eigenvalue weighted by Gasteiger charge is -2.29. The summed E-state index contributed by atoms with van der Waals surface area (Å²) in [6.07, 6.45) is 3.02. The summed E-state index contributed by atoms with van der Waals surface area (Å²) >= 11 is 0. The van der Waals surface area contributed by atoms with Gasteiger partial charge in [0.05, 0.1) is 6.10 Å². The van der Waals surface area contributed by atoms with Crippen LogP contribution in [0, 0.1) is 5.92 Å². The first-order valence-corrected chi connectivity index (χ1v) is 6.52. The minimum atomic E-state index is 0.100. The van der Waals surface area contributed by atoms with E-state index in [1.165, 1.54) is 0 Å². The van der Waals surface area contributed by atoms with Crippen molar-refractivity contribution in [3.8, 4) is 11.9 Å². The zero-order chi connectivity index (χ0) is 13.0. The predicted molar refractivity (Wildman–Crippen MR) is 68.9 cm³/mol. The van der Waals surface area contributed by atoms with Crippen molar-refractivity contribution in [3.05, 3.63) is 12.3 Å². The molecule has 0 spiro atoms. The fourth-order valence-corrected chi connectivity index (χ4v) is 1.94. The maximum Gasteiger partial charge on any atom is 0.320 e. The van der Waals surface area contributed by atoms with Crippen LogP contribution in [0.1, 0.15) is 27.2 Å². The van der Waals surface area contributed by atoms with Crippen molar-refractivity contribution >= 4 is 0 Å². The van der Waals surface area contributed by atoms with Crippen LogP contribution >= 0.6 is 0 Å². The SMILES string of the molecule is CC(C)Oc1ccnc(OC2CNCCC2C)n1. The number of piperidine rings is 1. The Morgan fingerprint density at radius 3 is 3.00 bits per heavy atom. The summed E-state index contributed by atoms with van der Waals surface area (Å²) in [7, 11) is 0. The van der Waals surface area contributed by atoms with Crippen LogP contribution in [0.2, 0.25) is 0 Å². The van der Waals surface area contributed by atoms with Crippen molar-refractivity contribution in [2.45, 2.75) is 39.4 Å². The lowest BCUT2D eigenvalue weighted by Crippen LogP contribution is -2.43. The molecule has 1 aromatic heterocycles. The second kappa shape index (κ2) is 6.00. The normalized spacial score (nSPS) is 24.0. The van der Waals surface area contributed by atoms with E-state index in [0.717, 1.165) is 19.5 Å². The van der Waals surface area contributed by atoms with E-state index in [-0.39, 0.29) is 12.2 Å². The molecule has 0 aliphatic carbocycles. The molecule has 1 aliphatic heterocycles. The Morgan fingerprint density at radius 1 is 1.44 bits per heavy atom. The smallest absolute Gasteiger partial charge is 0.320 e. The van der Waals surface area contributed by atoms with Crippen molar-refractivity contribution in [1.29, 1.82) is 0 Å². The minimum absolute atomic E-state index is 0.100. The van der Waals surface area contributed by atoms with Gasteiger partial charge in [0.1, 0.15) is 6.10 Å². The van der Waals surface area contributed by atoms with Crippen molar-refractivity contribution in [3.63, 3.8) is 0 Å². The zero-order valence-corrected chi connectivity index (χ0v) is 11.2. The molecule has 2 atom stereocenters. The molecule has 18 heavy (non-hydrogen) atoms. The average molecular weight is 251 g/mol. The quantitative estimate of drug-likeness (QED) is 0.881. The first-order chi connectivity index (χ1) is 8.65. The van der Waals surface area contributed by atoms with Crippen LogP contribution in [-0.2, 0) is 0 Å². The molecule has 1 aromatic rings. The van der Waals surface area contributed by atoms with Gasteiger partial charge in [-0.2, -0.15) is 4.98 Å². The number of ether oxygens (including phenoxy) is 2. The van der Waals surface area contributed by atoms with Gasteiger partial charge in [0.25, 0.3) is 0 Å². The molecule has 2 unspecified atom stereocenters. The van der Waals surface area contributed by atoms with Crippen LogP contribution < -0.4 is 14.8 Å². The van der Waals surface area contributed by atoms with Crippen LogP contribution in [-0.4, -0.2) is 35.3 Å². The summed E-state index contributed by atoms with van der Waals surface area (Å²) in [5.41, 5.74) is 0. The molecule has 0 amide bonds. The van der Waals surface area contributed by atoms with E-state index < -0.39 is 0 Å². The maximum atomic E-state index is 5.83. The van der Waals surface area contributed by atoms with Gasteiger partial charge >= 0.3 is 6.01 Å². The van der Waals surface area contributed by atoms with Crippen LogP contribution in [0.25, 0.3) is 0 Å². The highest BCUT2D eigenvalue weighted by Crippen LogP contribution is 2.18. The van der Waals surface area contributed by atoms with E-state index in [0.29, 0.717) is 17.8 Å². The first-order valence-electron chi connectivity index (χ1n) is 6.52. The molecule has 1 aliphatic rings. The van der Waals surface area contributed by atoms with Crippen LogP contribution in [0.3, 0.4) is 0 Å². The molecule has 0 saturated carbocycles. The van der Waals surface area contributed by atoms with E-state index in [4.69, 9.17) is 9.47 Å². The minimum Gasteiger partial charge on any atom is -0.475 e. The zero-order valence-electron chi connectivity index (χ0n) is 11.2. The van der Waals surface area contributed by atoms with Gasteiger partial charge in [-0.05, 0) is 32.7 Å². The van der Waals surface area contributed by atoms with Gasteiger partial charge in [-0.25, -0.2) is 4.98 Å². The Hall–Kier alpha value is -1.36. The van der Waals surface area contributed by atoms with Gasteiger partial charge in [0.2, 0.25) is 5.88 Å². The summed E-state index contributed by atoms with van der Waals surface area (Å²) < 4.78 is 11.3.